The van der Waals surface area contributed by atoms with Crippen LogP contribution in [0.25, 0.3) is 5.69 Å². The van der Waals surface area contributed by atoms with Crippen LogP contribution in [0, 0.1) is 5.82 Å². The van der Waals surface area contributed by atoms with Crippen molar-refractivity contribution in [3.63, 3.8) is 0 Å². The molecule has 0 spiro atoms. The molecule has 162 valence electrons. The maximum Gasteiger partial charge on any atom is 0.416 e. The third kappa shape index (κ3) is 4.71. The largest absolute Gasteiger partial charge is 0.416 e. The van der Waals surface area contributed by atoms with Crippen molar-refractivity contribution in [2.24, 2.45) is 0 Å². The van der Waals surface area contributed by atoms with E-state index < -0.39 is 17.6 Å². The average molecular weight is 434 g/mol. The van der Waals surface area contributed by atoms with Gasteiger partial charge >= 0.3 is 6.18 Å². The van der Waals surface area contributed by atoms with Crippen LogP contribution in [0.15, 0.2) is 48.5 Å². The molecule has 1 saturated heterocycles. The highest BCUT2D eigenvalue weighted by molar-refractivity contribution is 5.94. The number of tetrazole rings is 1. The summed E-state index contributed by atoms with van der Waals surface area (Å²) in [5.41, 5.74) is -0.201. The fraction of sp³-hybridized carbons (Fsp3) is 0.300. The Morgan fingerprint density at radius 1 is 1.00 bits per heavy atom. The maximum atomic E-state index is 13.1. The number of hydrogen-bond donors (Lipinski definition) is 0. The Bertz CT molecular complexity index is 1060. The third-order valence-corrected chi connectivity index (χ3v) is 5.07. The lowest BCUT2D eigenvalue weighted by Crippen LogP contribution is -2.48. The normalized spacial score (nSPS) is 15.3. The van der Waals surface area contributed by atoms with Gasteiger partial charge in [-0.1, -0.05) is 6.07 Å². The van der Waals surface area contributed by atoms with Gasteiger partial charge in [-0.05, 0) is 52.9 Å². The second-order valence-electron chi connectivity index (χ2n) is 7.13. The first-order valence-electron chi connectivity index (χ1n) is 9.53. The van der Waals surface area contributed by atoms with Gasteiger partial charge in [-0.2, -0.15) is 17.9 Å². The summed E-state index contributed by atoms with van der Waals surface area (Å²) in [5.74, 6) is -0.230. The molecule has 2 aromatic carbocycles. The highest BCUT2D eigenvalue weighted by Gasteiger charge is 2.31. The van der Waals surface area contributed by atoms with E-state index in [0.29, 0.717) is 44.2 Å². The zero-order chi connectivity index (χ0) is 22.0. The Hall–Kier alpha value is -3.34. The Balaban J connectivity index is 1.38. The summed E-state index contributed by atoms with van der Waals surface area (Å²) >= 11 is 0. The second kappa shape index (κ2) is 8.42. The Labute approximate surface area is 174 Å². The Morgan fingerprint density at radius 3 is 2.39 bits per heavy atom. The number of nitrogens with zero attached hydrogens (tertiary/aromatic N) is 6. The summed E-state index contributed by atoms with van der Waals surface area (Å²) in [4.78, 5) is 16.2. The van der Waals surface area contributed by atoms with Gasteiger partial charge in [-0.3, -0.25) is 9.69 Å². The molecule has 3 aromatic rings. The first-order valence-corrected chi connectivity index (χ1v) is 9.53. The lowest BCUT2D eigenvalue weighted by Gasteiger charge is -2.34. The van der Waals surface area contributed by atoms with Crippen LogP contribution in [-0.4, -0.2) is 62.1 Å². The molecule has 1 aromatic heterocycles. The lowest BCUT2D eigenvalue weighted by molar-refractivity contribution is -0.137. The van der Waals surface area contributed by atoms with Gasteiger partial charge in [0.15, 0.2) is 5.82 Å². The molecule has 1 aliphatic heterocycles. The number of alkyl halides is 3. The predicted octanol–water partition coefficient (Wildman–Crippen LogP) is 2.78. The molecule has 31 heavy (non-hydrogen) atoms. The number of carbonyl (C=O) groups excluding carboxylic acids is 1. The molecule has 0 unspecified atom stereocenters. The van der Waals surface area contributed by atoms with Crippen LogP contribution in [0.1, 0.15) is 21.7 Å². The first kappa shape index (κ1) is 20.9. The van der Waals surface area contributed by atoms with E-state index in [1.54, 1.807) is 12.1 Å². The molecule has 0 atom stereocenters. The van der Waals surface area contributed by atoms with E-state index in [1.165, 1.54) is 33.8 Å². The monoisotopic (exact) mass is 434 g/mol. The minimum absolute atomic E-state index is 0.0172. The van der Waals surface area contributed by atoms with Gasteiger partial charge in [-0.15, -0.1) is 5.10 Å². The lowest BCUT2D eigenvalue weighted by atomic mass is 10.1. The van der Waals surface area contributed by atoms with E-state index in [9.17, 15) is 22.4 Å². The molecule has 4 rings (SSSR count). The van der Waals surface area contributed by atoms with Crippen molar-refractivity contribution in [1.82, 2.24) is 30.0 Å². The summed E-state index contributed by atoms with van der Waals surface area (Å²) < 4.78 is 53.4. The van der Waals surface area contributed by atoms with Crippen LogP contribution >= 0.6 is 0 Å². The number of piperazine rings is 1. The molecular formula is C20H18F4N6O. The van der Waals surface area contributed by atoms with Crippen molar-refractivity contribution in [2.45, 2.75) is 12.7 Å². The van der Waals surface area contributed by atoms with Crippen molar-refractivity contribution in [1.29, 1.82) is 0 Å². The average Bonchev–Trinajstić information content (AvgIpc) is 3.22. The molecule has 0 saturated carbocycles. The number of carbonyl (C=O) groups is 1. The van der Waals surface area contributed by atoms with Crippen LogP contribution in [0.4, 0.5) is 17.6 Å². The summed E-state index contributed by atoms with van der Waals surface area (Å²) in [7, 11) is 0. The molecule has 0 radical (unpaired) electrons. The first-order chi connectivity index (χ1) is 14.8. The van der Waals surface area contributed by atoms with Gasteiger partial charge in [0.05, 0.1) is 17.8 Å². The SMILES string of the molecule is O=C(c1cccc(C(F)(F)F)c1)N1CCN(Cc2nnnn2-c2ccc(F)cc2)CC1. The second-order valence-corrected chi connectivity index (χ2v) is 7.13. The van der Waals surface area contributed by atoms with Gasteiger partial charge in [0.2, 0.25) is 0 Å². The summed E-state index contributed by atoms with van der Waals surface area (Å²) in [6, 6.07) is 10.2. The highest BCUT2D eigenvalue weighted by Crippen LogP contribution is 2.29. The quantitative estimate of drug-likeness (QED) is 0.591. The summed E-state index contributed by atoms with van der Waals surface area (Å²) in [5, 5.41) is 11.6. The maximum absolute atomic E-state index is 13.1. The third-order valence-electron chi connectivity index (χ3n) is 5.07. The molecule has 11 heteroatoms. The Kier molecular flexibility index (Phi) is 5.68. The number of amides is 1. The molecular weight excluding hydrogens is 416 g/mol. The number of benzene rings is 2. The molecule has 0 aliphatic carbocycles. The van der Waals surface area contributed by atoms with Crippen LogP contribution in [0.3, 0.4) is 0 Å². The van der Waals surface area contributed by atoms with Gasteiger partial charge in [-0.25, -0.2) is 4.39 Å². The van der Waals surface area contributed by atoms with E-state index in [0.717, 1.165) is 12.1 Å². The van der Waals surface area contributed by atoms with E-state index in [4.69, 9.17) is 0 Å². The number of aromatic nitrogens is 4. The molecule has 7 nitrogen and oxygen atoms in total. The minimum atomic E-state index is -4.50. The summed E-state index contributed by atoms with van der Waals surface area (Å²) in [6.45, 7) is 2.18. The summed E-state index contributed by atoms with van der Waals surface area (Å²) in [6.07, 6.45) is -4.50. The van der Waals surface area contributed by atoms with E-state index in [-0.39, 0.29) is 11.4 Å². The molecule has 1 amide bonds. The fourth-order valence-corrected chi connectivity index (χ4v) is 3.41. The van der Waals surface area contributed by atoms with Gasteiger partial charge < -0.3 is 4.90 Å². The molecule has 0 N–H and O–H groups in total. The molecule has 2 heterocycles. The van der Waals surface area contributed by atoms with Crippen molar-refractivity contribution in [3.8, 4) is 5.69 Å². The smallest absolute Gasteiger partial charge is 0.336 e. The zero-order valence-electron chi connectivity index (χ0n) is 16.3. The molecule has 1 aliphatic rings. The number of hydrogen-bond acceptors (Lipinski definition) is 5. The van der Waals surface area contributed by atoms with Gasteiger partial charge in [0.25, 0.3) is 5.91 Å². The van der Waals surface area contributed by atoms with Crippen molar-refractivity contribution < 1.29 is 22.4 Å². The topological polar surface area (TPSA) is 67.2 Å². The molecule has 0 bridgehead atoms. The zero-order valence-corrected chi connectivity index (χ0v) is 16.3. The van der Waals surface area contributed by atoms with E-state index >= 15 is 0 Å². The number of halogens is 4. The highest BCUT2D eigenvalue weighted by atomic mass is 19.4. The number of rotatable bonds is 4. The van der Waals surface area contributed by atoms with E-state index in [2.05, 4.69) is 15.5 Å². The predicted molar refractivity (Wildman–Crippen MR) is 102 cm³/mol. The van der Waals surface area contributed by atoms with E-state index in [1.807, 2.05) is 4.90 Å². The van der Waals surface area contributed by atoms with Crippen LogP contribution < -0.4 is 0 Å². The standard InChI is InChI=1S/C20H18F4N6O/c21-16-4-6-17(7-5-16)30-18(25-26-27-30)13-28-8-10-29(11-9-28)19(31)14-2-1-3-15(12-14)20(22,23)24/h1-7,12H,8-11,13H2. The molecule has 1 fully saturated rings. The van der Waals surface area contributed by atoms with Crippen LogP contribution in [-0.2, 0) is 12.7 Å². The van der Waals surface area contributed by atoms with Crippen molar-refractivity contribution in [2.75, 3.05) is 26.2 Å². The van der Waals surface area contributed by atoms with Crippen LogP contribution in [0.5, 0.6) is 0 Å². The minimum Gasteiger partial charge on any atom is -0.336 e. The van der Waals surface area contributed by atoms with Crippen LogP contribution in [0.2, 0.25) is 0 Å². The Morgan fingerprint density at radius 2 is 1.71 bits per heavy atom. The van der Waals surface area contributed by atoms with Gasteiger partial charge in [0, 0.05) is 31.7 Å². The fourth-order valence-electron chi connectivity index (χ4n) is 3.41. The van der Waals surface area contributed by atoms with Crippen molar-refractivity contribution in [3.05, 3.63) is 71.3 Å². The van der Waals surface area contributed by atoms with Crippen molar-refractivity contribution >= 4 is 5.91 Å². The van der Waals surface area contributed by atoms with Gasteiger partial charge in [0.1, 0.15) is 5.82 Å².